The van der Waals surface area contributed by atoms with E-state index in [0.717, 1.165) is 55.6 Å². The van der Waals surface area contributed by atoms with Crippen LogP contribution in [0.5, 0.6) is 0 Å². The van der Waals surface area contributed by atoms with Crippen molar-refractivity contribution in [2.75, 3.05) is 0 Å². The molecule has 2 heterocycles. The van der Waals surface area contributed by atoms with E-state index in [9.17, 15) is 0 Å². The fourth-order valence-electron chi connectivity index (χ4n) is 7.90. The van der Waals surface area contributed by atoms with Crippen molar-refractivity contribution < 1.29 is 0 Å². The fourth-order valence-corrected chi connectivity index (χ4v) is 7.90. The molecule has 0 saturated carbocycles. The molecule has 5 heteroatoms. The Morgan fingerprint density at radius 3 is 1.73 bits per heavy atom. The normalized spacial score (nSPS) is 12.0. The predicted molar refractivity (Wildman–Crippen MR) is 234 cm³/mol. The second kappa shape index (κ2) is 14.0. The van der Waals surface area contributed by atoms with E-state index in [-0.39, 0.29) is 5.84 Å². The quantitative estimate of drug-likeness (QED) is 0.132. The molecule has 5 nitrogen and oxygen atoms in total. The molecule has 2 aromatic heterocycles. The van der Waals surface area contributed by atoms with Crippen molar-refractivity contribution >= 4 is 61.5 Å². The first-order chi connectivity index (χ1) is 27.7. The summed E-state index contributed by atoms with van der Waals surface area (Å²) in [7, 11) is 0. The largest absolute Gasteiger partial charge is 0.309 e. The first kappa shape index (κ1) is 33.0. The van der Waals surface area contributed by atoms with Crippen LogP contribution < -0.4 is 0 Å². The van der Waals surface area contributed by atoms with Crippen molar-refractivity contribution in [1.82, 2.24) is 9.13 Å². The minimum Gasteiger partial charge on any atom is -0.309 e. The summed E-state index contributed by atoms with van der Waals surface area (Å²) < 4.78 is 4.71. The summed E-state index contributed by atoms with van der Waals surface area (Å²) in [6, 6.07) is 69.3. The van der Waals surface area contributed by atoms with Crippen molar-refractivity contribution in [2.24, 2.45) is 9.98 Å². The molecule has 264 valence electrons. The van der Waals surface area contributed by atoms with Gasteiger partial charge in [-0.2, -0.15) is 0 Å². The molecule has 0 bridgehead atoms. The summed E-state index contributed by atoms with van der Waals surface area (Å²) in [5.74, 6) is 0.637. The molecule has 0 atom stereocenters. The van der Waals surface area contributed by atoms with E-state index in [1.807, 2.05) is 66.9 Å². The maximum atomic E-state index is 8.80. The van der Waals surface area contributed by atoms with Crippen LogP contribution in [0.4, 0.5) is 0 Å². The van der Waals surface area contributed by atoms with Crippen LogP contribution in [-0.4, -0.2) is 27.0 Å². The lowest BCUT2D eigenvalue weighted by molar-refractivity contribution is 1.18. The average Bonchev–Trinajstić information content (AvgIpc) is 3.79. The molecule has 56 heavy (non-hydrogen) atoms. The van der Waals surface area contributed by atoms with Gasteiger partial charge in [0.25, 0.3) is 0 Å². The van der Waals surface area contributed by atoms with E-state index >= 15 is 0 Å². The number of hydrogen-bond donors (Lipinski definition) is 1. The van der Waals surface area contributed by atoms with E-state index in [4.69, 9.17) is 15.4 Å². The van der Waals surface area contributed by atoms with Gasteiger partial charge in [0.1, 0.15) is 0 Å². The Kier molecular flexibility index (Phi) is 8.23. The number of aromatic nitrogens is 2. The van der Waals surface area contributed by atoms with Crippen molar-refractivity contribution in [3.63, 3.8) is 0 Å². The third-order valence-electron chi connectivity index (χ3n) is 10.5. The number of rotatable bonds is 6. The number of amidine groups is 2. The number of para-hydroxylation sites is 4. The van der Waals surface area contributed by atoms with Gasteiger partial charge in [-0.15, -0.1) is 0 Å². The number of aliphatic imine (C=N–C) groups is 2. The molecule has 10 rings (SSSR count). The van der Waals surface area contributed by atoms with Crippen LogP contribution in [0.15, 0.2) is 210 Å². The van der Waals surface area contributed by atoms with Gasteiger partial charge in [-0.25, -0.2) is 9.98 Å². The molecule has 0 saturated heterocycles. The minimum absolute atomic E-state index is 0.160. The van der Waals surface area contributed by atoms with Crippen LogP contribution in [-0.2, 0) is 0 Å². The number of benzene rings is 8. The van der Waals surface area contributed by atoms with Crippen LogP contribution in [0, 0.1) is 5.41 Å². The Morgan fingerprint density at radius 2 is 0.982 bits per heavy atom. The topological polar surface area (TPSA) is 58.4 Å². The van der Waals surface area contributed by atoms with E-state index in [1.165, 1.54) is 27.2 Å². The average molecular weight is 718 g/mol. The van der Waals surface area contributed by atoms with Gasteiger partial charge < -0.3 is 9.13 Å². The molecule has 10 aromatic rings. The maximum absolute atomic E-state index is 8.80. The van der Waals surface area contributed by atoms with Gasteiger partial charge >= 0.3 is 0 Å². The molecule has 1 N–H and O–H groups in total. The number of fused-ring (bicyclic) bond motifs is 6. The Balaban J connectivity index is 1.12. The first-order valence-electron chi connectivity index (χ1n) is 18.7. The SMILES string of the molecule is N=C(N=C(N=Cc1cccc2c3ccccc3n(-c3cccc(-c4ccc5c6ccccc6n(-c6ccccc6)c5c4)c3)c12)c1ccccc1)c1ccccc1. The van der Waals surface area contributed by atoms with Gasteiger partial charge in [-0.1, -0.05) is 158 Å². The second-order valence-electron chi connectivity index (χ2n) is 13.8. The van der Waals surface area contributed by atoms with Crippen LogP contribution in [0.3, 0.4) is 0 Å². The van der Waals surface area contributed by atoms with Gasteiger partial charge in [-0.3, -0.25) is 5.41 Å². The van der Waals surface area contributed by atoms with Crippen molar-refractivity contribution in [3.8, 4) is 22.5 Å². The molecule has 0 aliphatic rings. The molecular formula is C51H35N5. The highest BCUT2D eigenvalue weighted by Crippen LogP contribution is 2.37. The summed E-state index contributed by atoms with van der Waals surface area (Å²) in [5, 5.41) is 13.6. The number of nitrogens with zero attached hydrogens (tertiary/aromatic N) is 4. The summed E-state index contributed by atoms with van der Waals surface area (Å²) in [6.07, 6.45) is 1.89. The van der Waals surface area contributed by atoms with Crippen LogP contribution >= 0.6 is 0 Å². The second-order valence-corrected chi connectivity index (χ2v) is 13.8. The fraction of sp³-hybridized carbons (Fsp3) is 0. The van der Waals surface area contributed by atoms with Gasteiger partial charge in [0, 0.05) is 55.8 Å². The van der Waals surface area contributed by atoms with E-state index in [0.29, 0.717) is 5.84 Å². The lowest BCUT2D eigenvalue weighted by Crippen LogP contribution is -2.05. The zero-order valence-electron chi connectivity index (χ0n) is 30.4. The van der Waals surface area contributed by atoms with Crippen molar-refractivity contribution in [3.05, 3.63) is 217 Å². The zero-order valence-corrected chi connectivity index (χ0v) is 30.4. The Labute approximate surface area is 324 Å². The Morgan fingerprint density at radius 1 is 0.429 bits per heavy atom. The van der Waals surface area contributed by atoms with Gasteiger partial charge in [0.05, 0.1) is 22.1 Å². The molecule has 8 aromatic carbocycles. The third kappa shape index (κ3) is 5.79. The standard InChI is InChI=1S/C51H35N5/c52-50(35-16-4-1-5-17-35)54-51(36-18-6-2-7-19-36)53-34-39-21-15-27-45-43-26-11-13-29-47(43)56(49(39)45)41-24-14-20-37(32-41)38-30-31-44-42-25-10-12-28-46(42)55(48(44)33-38)40-22-8-3-9-23-40/h1-34,52H. The zero-order chi connectivity index (χ0) is 37.4. The van der Waals surface area contributed by atoms with Gasteiger partial charge in [-0.05, 0) is 53.6 Å². The lowest BCUT2D eigenvalue weighted by Gasteiger charge is -2.12. The van der Waals surface area contributed by atoms with Gasteiger partial charge in [0.15, 0.2) is 11.7 Å². The molecule has 0 unspecified atom stereocenters. The van der Waals surface area contributed by atoms with Gasteiger partial charge in [0.2, 0.25) is 0 Å². The summed E-state index contributed by atoms with van der Waals surface area (Å²) in [4.78, 5) is 9.73. The molecule has 0 aliphatic heterocycles. The van der Waals surface area contributed by atoms with Crippen LogP contribution in [0.1, 0.15) is 16.7 Å². The first-order valence-corrected chi connectivity index (χ1v) is 18.7. The van der Waals surface area contributed by atoms with Crippen LogP contribution in [0.2, 0.25) is 0 Å². The van der Waals surface area contributed by atoms with E-state index in [2.05, 4.69) is 149 Å². The summed E-state index contributed by atoms with van der Waals surface area (Å²) >= 11 is 0. The predicted octanol–water partition coefficient (Wildman–Crippen LogP) is 12.4. The monoisotopic (exact) mass is 717 g/mol. The maximum Gasteiger partial charge on any atom is 0.161 e. The Bertz CT molecular complexity index is 3130. The minimum atomic E-state index is 0.160. The third-order valence-corrected chi connectivity index (χ3v) is 10.5. The molecule has 0 spiro atoms. The number of hydrogen-bond acceptors (Lipinski definition) is 1. The smallest absolute Gasteiger partial charge is 0.161 e. The highest BCUT2D eigenvalue weighted by Gasteiger charge is 2.17. The Hall–Kier alpha value is -7.63. The highest BCUT2D eigenvalue weighted by molar-refractivity contribution is 6.17. The van der Waals surface area contributed by atoms with Crippen LogP contribution in [0.25, 0.3) is 66.1 Å². The molecular weight excluding hydrogens is 683 g/mol. The summed E-state index contributed by atoms with van der Waals surface area (Å²) in [5.41, 5.74) is 11.5. The van der Waals surface area contributed by atoms with Crippen molar-refractivity contribution in [2.45, 2.75) is 0 Å². The van der Waals surface area contributed by atoms with E-state index in [1.54, 1.807) is 0 Å². The molecule has 0 radical (unpaired) electrons. The number of nitrogens with one attached hydrogen (secondary N) is 1. The molecule has 0 amide bonds. The van der Waals surface area contributed by atoms with Crippen molar-refractivity contribution in [1.29, 1.82) is 5.41 Å². The molecule has 0 aliphatic carbocycles. The highest BCUT2D eigenvalue weighted by atomic mass is 15.0. The molecule has 0 fully saturated rings. The summed E-state index contributed by atoms with van der Waals surface area (Å²) in [6.45, 7) is 0. The van der Waals surface area contributed by atoms with E-state index < -0.39 is 0 Å². The lowest BCUT2D eigenvalue weighted by atomic mass is 10.0.